The molecule has 0 aliphatic rings. The summed E-state index contributed by atoms with van der Waals surface area (Å²) in [7, 11) is -3.39. The minimum atomic E-state index is -3.39. The van der Waals surface area contributed by atoms with Gasteiger partial charge in [0.15, 0.2) is 15.6 Å². The van der Waals surface area contributed by atoms with Gasteiger partial charge in [-0.3, -0.25) is 0 Å². The first kappa shape index (κ1) is 16.3. The fourth-order valence-corrected chi connectivity index (χ4v) is 3.67. The average molecular weight is 348 g/mol. The van der Waals surface area contributed by atoms with E-state index in [-0.39, 0.29) is 29.5 Å². The van der Waals surface area contributed by atoms with Gasteiger partial charge in [0, 0.05) is 6.54 Å². The highest BCUT2D eigenvalue weighted by atomic mass is 32.2. The molecule has 8 heteroatoms. The Labute approximate surface area is 138 Å². The van der Waals surface area contributed by atoms with Crippen molar-refractivity contribution in [2.24, 2.45) is 0 Å². The minimum absolute atomic E-state index is 0.0755. The summed E-state index contributed by atoms with van der Waals surface area (Å²) in [5.74, 6) is -0.301. The van der Waals surface area contributed by atoms with Crippen molar-refractivity contribution in [3.05, 3.63) is 58.8 Å². The van der Waals surface area contributed by atoms with Crippen LogP contribution in [-0.4, -0.2) is 24.0 Å². The zero-order valence-electron chi connectivity index (χ0n) is 13.0. The summed E-state index contributed by atoms with van der Waals surface area (Å²) in [5, 5.41) is 4.01. The Morgan fingerprint density at radius 3 is 2.75 bits per heavy atom. The first-order valence-corrected chi connectivity index (χ1v) is 9.02. The molecule has 0 fully saturated rings. The third-order valence-electron chi connectivity index (χ3n) is 3.47. The molecule has 0 N–H and O–H groups in total. The van der Waals surface area contributed by atoms with Crippen LogP contribution in [0.1, 0.15) is 12.0 Å². The van der Waals surface area contributed by atoms with Crippen molar-refractivity contribution >= 4 is 9.84 Å². The third-order valence-corrected chi connectivity index (χ3v) is 5.27. The molecule has 0 saturated heterocycles. The van der Waals surface area contributed by atoms with Gasteiger partial charge in [0.25, 0.3) is 5.89 Å². The van der Waals surface area contributed by atoms with E-state index in [1.807, 2.05) is 13.0 Å². The van der Waals surface area contributed by atoms with Crippen LogP contribution in [-0.2, 0) is 16.4 Å². The number of aromatic nitrogens is 2. The van der Waals surface area contributed by atoms with Gasteiger partial charge in [0.2, 0.25) is 0 Å². The predicted octanol–water partition coefficient (Wildman–Crippen LogP) is 2.27. The molecule has 0 aliphatic carbocycles. The van der Waals surface area contributed by atoms with Crippen LogP contribution in [0.25, 0.3) is 11.7 Å². The highest BCUT2D eigenvalue weighted by Crippen LogP contribution is 2.16. The molecule has 0 spiro atoms. The molecular weight excluding hydrogens is 332 g/mol. The molecule has 7 nitrogen and oxygen atoms in total. The molecule has 2 heterocycles. The first-order valence-electron chi connectivity index (χ1n) is 7.37. The lowest BCUT2D eigenvalue weighted by Gasteiger charge is -2.05. The van der Waals surface area contributed by atoms with Crippen molar-refractivity contribution < 1.29 is 17.3 Å². The smallest absolute Gasteiger partial charge is 0.437 e. The minimum Gasteiger partial charge on any atom is -0.459 e. The lowest BCUT2D eigenvalue weighted by atomic mass is 10.2. The quantitative estimate of drug-likeness (QED) is 0.678. The fourth-order valence-electron chi connectivity index (χ4n) is 2.28. The highest BCUT2D eigenvalue weighted by molar-refractivity contribution is 7.91. The van der Waals surface area contributed by atoms with Gasteiger partial charge < -0.3 is 8.83 Å². The molecule has 0 atom stereocenters. The molecule has 0 bridgehead atoms. The summed E-state index contributed by atoms with van der Waals surface area (Å²) in [6.07, 6.45) is 1.70. The average Bonchev–Trinajstić information content (AvgIpc) is 3.17. The molecule has 0 amide bonds. The maximum absolute atomic E-state index is 12.3. The van der Waals surface area contributed by atoms with Crippen molar-refractivity contribution in [1.82, 2.24) is 9.78 Å². The van der Waals surface area contributed by atoms with Crippen molar-refractivity contribution in [2.45, 2.75) is 24.8 Å². The molecule has 0 saturated carbocycles. The Morgan fingerprint density at radius 1 is 1.21 bits per heavy atom. The standard InChI is InChI=1S/C16H16N2O5S/c1-12-5-2-6-13(11-12)24(20,21)10-4-8-18-16(19)23-15(17-18)14-7-3-9-22-14/h2-3,5-7,9,11H,4,8,10H2,1H3. The van der Waals surface area contributed by atoms with Crippen molar-refractivity contribution in [2.75, 3.05) is 5.75 Å². The summed E-state index contributed by atoms with van der Waals surface area (Å²) >= 11 is 0. The monoisotopic (exact) mass is 348 g/mol. The van der Waals surface area contributed by atoms with Crippen molar-refractivity contribution in [3.8, 4) is 11.7 Å². The van der Waals surface area contributed by atoms with E-state index in [1.165, 1.54) is 6.26 Å². The number of rotatable bonds is 6. The molecular formula is C16H16N2O5S. The molecule has 3 rings (SSSR count). The van der Waals surface area contributed by atoms with Gasteiger partial charge >= 0.3 is 5.76 Å². The molecule has 1 aromatic carbocycles. The Bertz CT molecular complexity index is 984. The molecule has 24 heavy (non-hydrogen) atoms. The molecule has 0 aliphatic heterocycles. The number of hydrogen-bond donors (Lipinski definition) is 0. The second-order valence-electron chi connectivity index (χ2n) is 5.36. The Morgan fingerprint density at radius 2 is 2.04 bits per heavy atom. The Kier molecular flexibility index (Phi) is 4.39. The maximum atomic E-state index is 12.3. The predicted molar refractivity (Wildman–Crippen MR) is 86.3 cm³/mol. The fraction of sp³-hybridized carbons (Fsp3) is 0.250. The van der Waals surface area contributed by atoms with Crippen LogP contribution in [0.3, 0.4) is 0 Å². The van der Waals surface area contributed by atoms with E-state index in [0.29, 0.717) is 5.76 Å². The van der Waals surface area contributed by atoms with Gasteiger partial charge in [-0.15, -0.1) is 5.10 Å². The number of hydrogen-bond acceptors (Lipinski definition) is 6. The van der Waals surface area contributed by atoms with Crippen molar-refractivity contribution in [3.63, 3.8) is 0 Å². The van der Waals surface area contributed by atoms with E-state index in [1.54, 1.807) is 30.3 Å². The third kappa shape index (κ3) is 3.48. The van der Waals surface area contributed by atoms with Gasteiger partial charge in [-0.25, -0.2) is 13.2 Å². The van der Waals surface area contributed by atoms with Gasteiger partial charge in [-0.1, -0.05) is 12.1 Å². The highest BCUT2D eigenvalue weighted by Gasteiger charge is 2.16. The number of benzene rings is 1. The van der Waals surface area contributed by atoms with Crippen LogP contribution < -0.4 is 5.76 Å². The Balaban J connectivity index is 1.67. The summed E-state index contributed by atoms with van der Waals surface area (Å²) in [6, 6.07) is 10.0. The SMILES string of the molecule is Cc1cccc(S(=O)(=O)CCCn2nc(-c3ccco3)oc2=O)c1. The zero-order chi connectivity index (χ0) is 17.2. The number of furan rings is 1. The van der Waals surface area contributed by atoms with Gasteiger partial charge in [0.05, 0.1) is 16.9 Å². The molecule has 0 radical (unpaired) electrons. The molecule has 126 valence electrons. The largest absolute Gasteiger partial charge is 0.459 e. The lowest BCUT2D eigenvalue weighted by molar-refractivity contribution is 0.466. The van der Waals surface area contributed by atoms with E-state index < -0.39 is 15.6 Å². The van der Waals surface area contributed by atoms with Crippen LogP contribution in [0, 0.1) is 6.92 Å². The van der Waals surface area contributed by atoms with Crippen LogP contribution in [0.4, 0.5) is 0 Å². The number of nitrogens with zero attached hydrogens (tertiary/aromatic N) is 2. The number of aryl methyl sites for hydroxylation is 2. The number of sulfone groups is 1. The second kappa shape index (κ2) is 6.48. The van der Waals surface area contributed by atoms with Gasteiger partial charge in [-0.2, -0.15) is 4.68 Å². The topological polar surface area (TPSA) is 95.3 Å². The summed E-state index contributed by atoms with van der Waals surface area (Å²) in [6.45, 7) is 1.98. The van der Waals surface area contributed by atoms with E-state index >= 15 is 0 Å². The van der Waals surface area contributed by atoms with Crippen LogP contribution in [0.2, 0.25) is 0 Å². The molecule has 0 unspecified atom stereocenters. The zero-order valence-corrected chi connectivity index (χ0v) is 13.8. The summed E-state index contributed by atoms with van der Waals surface area (Å²) in [5.41, 5.74) is 0.881. The molecule has 3 aromatic rings. The van der Waals surface area contributed by atoms with E-state index in [9.17, 15) is 13.2 Å². The van der Waals surface area contributed by atoms with E-state index in [0.717, 1.165) is 10.2 Å². The molecule has 2 aromatic heterocycles. The van der Waals surface area contributed by atoms with Crippen LogP contribution >= 0.6 is 0 Å². The van der Waals surface area contributed by atoms with Gasteiger partial charge in [-0.05, 0) is 43.2 Å². The normalized spacial score (nSPS) is 11.7. The van der Waals surface area contributed by atoms with Crippen LogP contribution in [0.5, 0.6) is 0 Å². The van der Waals surface area contributed by atoms with Crippen molar-refractivity contribution in [1.29, 1.82) is 0 Å². The maximum Gasteiger partial charge on any atom is 0.437 e. The second-order valence-corrected chi connectivity index (χ2v) is 7.47. The Hall–Kier alpha value is -2.61. The lowest BCUT2D eigenvalue weighted by Crippen LogP contribution is -2.18. The summed E-state index contributed by atoms with van der Waals surface area (Å²) in [4.78, 5) is 12.0. The first-order chi connectivity index (χ1) is 11.5. The van der Waals surface area contributed by atoms with E-state index in [4.69, 9.17) is 8.83 Å². The van der Waals surface area contributed by atoms with Crippen LogP contribution in [0.15, 0.2) is 61.2 Å². The van der Waals surface area contributed by atoms with E-state index in [2.05, 4.69) is 5.10 Å². The van der Waals surface area contributed by atoms with Gasteiger partial charge in [0.1, 0.15) is 0 Å². The summed E-state index contributed by atoms with van der Waals surface area (Å²) < 4.78 is 35.8.